The van der Waals surface area contributed by atoms with Crippen molar-refractivity contribution in [2.45, 2.75) is 70.5 Å². The highest BCUT2D eigenvalue weighted by Crippen LogP contribution is 2.32. The smallest absolute Gasteiger partial charge is 0.0128 e. The van der Waals surface area contributed by atoms with Crippen molar-refractivity contribution in [2.24, 2.45) is 11.7 Å². The van der Waals surface area contributed by atoms with E-state index < -0.39 is 0 Å². The molecular formula is C13H26N2. The zero-order chi connectivity index (χ0) is 10.8. The number of hydrogen-bond acceptors (Lipinski definition) is 2. The highest BCUT2D eigenvalue weighted by molar-refractivity contribution is 4.93. The molecule has 2 heteroatoms. The van der Waals surface area contributed by atoms with E-state index in [1.807, 2.05) is 0 Å². The lowest BCUT2D eigenvalue weighted by Crippen LogP contribution is -2.54. The van der Waals surface area contributed by atoms with E-state index in [2.05, 4.69) is 18.7 Å². The molecule has 0 aromatic heterocycles. The SMILES string of the molecule is CC(C)CN(C1CCCC1)C1CC(N)C1. The van der Waals surface area contributed by atoms with E-state index in [4.69, 9.17) is 5.73 Å². The molecule has 0 atom stereocenters. The van der Waals surface area contributed by atoms with Crippen LogP contribution in [0.15, 0.2) is 0 Å². The summed E-state index contributed by atoms with van der Waals surface area (Å²) in [5, 5.41) is 0. The molecule has 88 valence electrons. The maximum absolute atomic E-state index is 5.91. The summed E-state index contributed by atoms with van der Waals surface area (Å²) in [4.78, 5) is 2.78. The van der Waals surface area contributed by atoms with Crippen molar-refractivity contribution in [2.75, 3.05) is 6.54 Å². The van der Waals surface area contributed by atoms with Gasteiger partial charge in [-0.05, 0) is 31.6 Å². The molecule has 0 heterocycles. The van der Waals surface area contributed by atoms with Gasteiger partial charge in [0.05, 0.1) is 0 Å². The average molecular weight is 210 g/mol. The Kier molecular flexibility index (Phi) is 3.68. The Morgan fingerprint density at radius 2 is 1.73 bits per heavy atom. The molecule has 2 aliphatic rings. The maximum atomic E-state index is 5.91. The van der Waals surface area contributed by atoms with Crippen LogP contribution in [0, 0.1) is 5.92 Å². The van der Waals surface area contributed by atoms with E-state index in [1.165, 1.54) is 45.1 Å². The summed E-state index contributed by atoms with van der Waals surface area (Å²) in [6.45, 7) is 5.95. The maximum Gasteiger partial charge on any atom is 0.0128 e. The molecule has 2 rings (SSSR count). The molecule has 0 aromatic rings. The van der Waals surface area contributed by atoms with Crippen LogP contribution in [-0.4, -0.2) is 29.6 Å². The lowest BCUT2D eigenvalue weighted by Gasteiger charge is -2.45. The minimum Gasteiger partial charge on any atom is -0.328 e. The fraction of sp³-hybridized carbons (Fsp3) is 1.00. The summed E-state index contributed by atoms with van der Waals surface area (Å²) in [6, 6.07) is 2.18. The van der Waals surface area contributed by atoms with Gasteiger partial charge in [0.1, 0.15) is 0 Å². The van der Waals surface area contributed by atoms with Crippen LogP contribution in [-0.2, 0) is 0 Å². The molecule has 0 spiro atoms. The highest BCUT2D eigenvalue weighted by Gasteiger charge is 2.35. The minimum atomic E-state index is 0.492. The van der Waals surface area contributed by atoms with Crippen LogP contribution in [0.1, 0.15) is 52.4 Å². The Morgan fingerprint density at radius 1 is 1.13 bits per heavy atom. The van der Waals surface area contributed by atoms with E-state index in [0.717, 1.165) is 18.0 Å². The Bertz CT molecular complexity index is 191. The van der Waals surface area contributed by atoms with Crippen molar-refractivity contribution in [3.8, 4) is 0 Å². The highest BCUT2D eigenvalue weighted by atomic mass is 15.2. The van der Waals surface area contributed by atoms with Crippen LogP contribution in [0.5, 0.6) is 0 Å². The summed E-state index contributed by atoms with van der Waals surface area (Å²) in [5.41, 5.74) is 5.91. The van der Waals surface area contributed by atoms with E-state index >= 15 is 0 Å². The Labute approximate surface area is 94.2 Å². The first-order valence-electron chi connectivity index (χ1n) is 6.68. The molecule has 2 N–H and O–H groups in total. The van der Waals surface area contributed by atoms with Gasteiger partial charge in [-0.2, -0.15) is 0 Å². The lowest BCUT2D eigenvalue weighted by atomic mass is 9.84. The van der Waals surface area contributed by atoms with Gasteiger partial charge >= 0.3 is 0 Å². The zero-order valence-corrected chi connectivity index (χ0v) is 10.3. The average Bonchev–Trinajstić information content (AvgIpc) is 2.61. The predicted molar refractivity (Wildman–Crippen MR) is 64.8 cm³/mol. The fourth-order valence-corrected chi connectivity index (χ4v) is 3.15. The number of nitrogens with zero attached hydrogens (tertiary/aromatic N) is 1. The molecule has 0 aromatic carbocycles. The summed E-state index contributed by atoms with van der Waals surface area (Å²) < 4.78 is 0. The monoisotopic (exact) mass is 210 g/mol. The molecule has 2 fully saturated rings. The quantitative estimate of drug-likeness (QED) is 0.772. The second kappa shape index (κ2) is 4.84. The molecule has 0 radical (unpaired) electrons. The van der Waals surface area contributed by atoms with Crippen molar-refractivity contribution in [3.63, 3.8) is 0 Å². The minimum absolute atomic E-state index is 0.492. The van der Waals surface area contributed by atoms with Crippen molar-refractivity contribution in [3.05, 3.63) is 0 Å². The molecular weight excluding hydrogens is 184 g/mol. The normalized spacial score (nSPS) is 32.6. The van der Waals surface area contributed by atoms with Crippen molar-refractivity contribution >= 4 is 0 Å². The van der Waals surface area contributed by atoms with E-state index in [1.54, 1.807) is 0 Å². The van der Waals surface area contributed by atoms with Gasteiger partial charge in [0.2, 0.25) is 0 Å². The van der Waals surface area contributed by atoms with E-state index in [9.17, 15) is 0 Å². The van der Waals surface area contributed by atoms with Gasteiger partial charge in [0.15, 0.2) is 0 Å². The summed E-state index contributed by atoms with van der Waals surface area (Å²) in [7, 11) is 0. The largest absolute Gasteiger partial charge is 0.328 e. The third-order valence-corrected chi connectivity index (χ3v) is 3.99. The fourth-order valence-electron chi connectivity index (χ4n) is 3.15. The number of rotatable bonds is 4. The van der Waals surface area contributed by atoms with Gasteiger partial charge in [-0.3, -0.25) is 4.90 Å². The second-order valence-corrected chi connectivity index (χ2v) is 5.91. The van der Waals surface area contributed by atoms with Gasteiger partial charge in [-0.1, -0.05) is 26.7 Å². The van der Waals surface area contributed by atoms with E-state index in [-0.39, 0.29) is 0 Å². The van der Waals surface area contributed by atoms with Gasteiger partial charge in [-0.25, -0.2) is 0 Å². The van der Waals surface area contributed by atoms with Crippen LogP contribution < -0.4 is 5.73 Å². The Morgan fingerprint density at radius 3 is 2.20 bits per heavy atom. The summed E-state index contributed by atoms with van der Waals surface area (Å²) >= 11 is 0. The lowest BCUT2D eigenvalue weighted by molar-refractivity contribution is 0.0576. The molecule has 0 saturated heterocycles. The molecule has 2 aliphatic carbocycles. The summed E-state index contributed by atoms with van der Waals surface area (Å²) in [6.07, 6.45) is 8.22. The molecule has 0 unspecified atom stereocenters. The standard InChI is InChI=1S/C13H26N2/c1-10(2)9-15(12-5-3-4-6-12)13-7-11(14)8-13/h10-13H,3-9,14H2,1-2H3. The van der Waals surface area contributed by atoms with Crippen molar-refractivity contribution in [1.82, 2.24) is 4.90 Å². The number of hydrogen-bond donors (Lipinski definition) is 1. The second-order valence-electron chi connectivity index (χ2n) is 5.91. The van der Waals surface area contributed by atoms with Crippen LogP contribution >= 0.6 is 0 Å². The Balaban J connectivity index is 1.89. The van der Waals surface area contributed by atoms with Crippen molar-refractivity contribution in [1.29, 1.82) is 0 Å². The Hall–Kier alpha value is -0.0800. The molecule has 0 aliphatic heterocycles. The third-order valence-electron chi connectivity index (χ3n) is 3.99. The van der Waals surface area contributed by atoms with Gasteiger partial charge in [-0.15, -0.1) is 0 Å². The molecule has 0 bridgehead atoms. The first-order chi connectivity index (χ1) is 7.16. The molecule has 2 saturated carbocycles. The number of nitrogens with two attached hydrogens (primary N) is 1. The van der Waals surface area contributed by atoms with Crippen LogP contribution in [0.25, 0.3) is 0 Å². The first-order valence-corrected chi connectivity index (χ1v) is 6.68. The van der Waals surface area contributed by atoms with E-state index in [0.29, 0.717) is 6.04 Å². The van der Waals surface area contributed by atoms with Gasteiger partial charge < -0.3 is 5.73 Å². The molecule has 0 amide bonds. The molecule has 15 heavy (non-hydrogen) atoms. The van der Waals surface area contributed by atoms with Crippen molar-refractivity contribution < 1.29 is 0 Å². The van der Waals surface area contributed by atoms with Gasteiger partial charge in [0.25, 0.3) is 0 Å². The van der Waals surface area contributed by atoms with Crippen LogP contribution in [0.4, 0.5) is 0 Å². The molecule has 2 nitrogen and oxygen atoms in total. The topological polar surface area (TPSA) is 29.3 Å². The third kappa shape index (κ3) is 2.73. The van der Waals surface area contributed by atoms with Crippen LogP contribution in [0.2, 0.25) is 0 Å². The van der Waals surface area contributed by atoms with Gasteiger partial charge in [0, 0.05) is 24.7 Å². The summed E-state index contributed by atoms with van der Waals surface area (Å²) in [5.74, 6) is 0.794. The predicted octanol–water partition coefficient (Wildman–Crippen LogP) is 2.38. The van der Waals surface area contributed by atoms with Crippen LogP contribution in [0.3, 0.4) is 0 Å². The zero-order valence-electron chi connectivity index (χ0n) is 10.3. The first kappa shape index (κ1) is 11.4.